The lowest BCUT2D eigenvalue weighted by molar-refractivity contribution is 0.393. The molecule has 0 spiro atoms. The van der Waals surface area contributed by atoms with Crippen LogP contribution in [0.1, 0.15) is 0 Å². The summed E-state index contributed by atoms with van der Waals surface area (Å²) in [6, 6.07) is 3.74. The molecule has 0 unspecified atom stereocenters. The van der Waals surface area contributed by atoms with E-state index >= 15 is 0 Å². The Morgan fingerprint density at radius 1 is 1.57 bits per heavy atom. The van der Waals surface area contributed by atoms with Crippen molar-refractivity contribution in [1.82, 2.24) is 9.38 Å². The van der Waals surface area contributed by atoms with Crippen molar-refractivity contribution >= 4 is 34.1 Å². The summed E-state index contributed by atoms with van der Waals surface area (Å²) < 4.78 is 7.86. The molecule has 0 amide bonds. The Morgan fingerprint density at radius 3 is 3.00 bits per heavy atom. The van der Waals surface area contributed by atoms with Gasteiger partial charge in [0.1, 0.15) is 0 Å². The van der Waals surface area contributed by atoms with Gasteiger partial charge in [0.05, 0.1) is 16.9 Å². The molecule has 2 aromatic heterocycles. The molecule has 14 heavy (non-hydrogen) atoms. The standard InChI is InChI=1S/C9H6IN3O/c1-11-7-5-12-9-6(10)3-4-8(14-2)13(7)9/h3-5H,2H3. The van der Waals surface area contributed by atoms with Gasteiger partial charge in [-0.15, -0.1) is 0 Å². The van der Waals surface area contributed by atoms with Gasteiger partial charge >= 0.3 is 0 Å². The van der Waals surface area contributed by atoms with E-state index < -0.39 is 0 Å². The fourth-order valence-electron chi connectivity index (χ4n) is 1.26. The largest absolute Gasteiger partial charge is 0.466 e. The van der Waals surface area contributed by atoms with Crippen molar-refractivity contribution in [2.45, 2.75) is 0 Å². The van der Waals surface area contributed by atoms with Crippen LogP contribution >= 0.6 is 22.6 Å². The second-order valence-electron chi connectivity index (χ2n) is 2.61. The third-order valence-electron chi connectivity index (χ3n) is 1.87. The van der Waals surface area contributed by atoms with Crippen molar-refractivity contribution in [3.63, 3.8) is 0 Å². The zero-order valence-corrected chi connectivity index (χ0v) is 9.52. The van der Waals surface area contributed by atoms with Gasteiger partial charge < -0.3 is 9.58 Å². The van der Waals surface area contributed by atoms with E-state index in [4.69, 9.17) is 11.3 Å². The van der Waals surface area contributed by atoms with Crippen LogP contribution in [0.2, 0.25) is 0 Å². The summed E-state index contributed by atoms with van der Waals surface area (Å²) in [5.74, 6) is 1.10. The Bertz CT molecular complexity index is 527. The van der Waals surface area contributed by atoms with Crippen molar-refractivity contribution in [3.05, 3.63) is 33.3 Å². The highest BCUT2D eigenvalue weighted by Gasteiger charge is 2.12. The van der Waals surface area contributed by atoms with Crippen LogP contribution in [-0.2, 0) is 0 Å². The molecule has 0 atom stereocenters. The van der Waals surface area contributed by atoms with E-state index in [1.807, 2.05) is 12.1 Å². The van der Waals surface area contributed by atoms with Gasteiger partial charge in [0.25, 0.3) is 11.7 Å². The summed E-state index contributed by atoms with van der Waals surface area (Å²) in [7, 11) is 1.58. The molecule has 0 aliphatic carbocycles. The molecule has 0 fully saturated rings. The van der Waals surface area contributed by atoms with Crippen LogP contribution in [0.25, 0.3) is 10.5 Å². The molecule has 2 heterocycles. The zero-order valence-electron chi connectivity index (χ0n) is 7.36. The summed E-state index contributed by atoms with van der Waals surface area (Å²) >= 11 is 2.18. The van der Waals surface area contributed by atoms with E-state index in [0.29, 0.717) is 11.7 Å². The van der Waals surface area contributed by atoms with Crippen molar-refractivity contribution in [3.8, 4) is 5.88 Å². The zero-order chi connectivity index (χ0) is 10.1. The van der Waals surface area contributed by atoms with Crippen LogP contribution in [0, 0.1) is 10.1 Å². The smallest absolute Gasteiger partial charge is 0.274 e. The molecule has 0 saturated carbocycles. The lowest BCUT2D eigenvalue weighted by Gasteiger charge is -2.01. The van der Waals surface area contributed by atoms with Crippen LogP contribution in [0.15, 0.2) is 18.3 Å². The molecule has 0 N–H and O–H groups in total. The van der Waals surface area contributed by atoms with Gasteiger partial charge in [-0.1, -0.05) is 6.57 Å². The summed E-state index contributed by atoms with van der Waals surface area (Å²) in [5, 5.41) is 0. The van der Waals surface area contributed by atoms with Gasteiger partial charge in [0, 0.05) is 6.07 Å². The Hall–Kier alpha value is -1.29. The first-order valence-corrected chi connectivity index (χ1v) is 4.93. The summed E-state index contributed by atoms with van der Waals surface area (Å²) in [6.45, 7) is 6.99. The van der Waals surface area contributed by atoms with E-state index in [-0.39, 0.29) is 0 Å². The van der Waals surface area contributed by atoms with Gasteiger partial charge in [0.15, 0.2) is 0 Å². The Balaban J connectivity index is 2.90. The Morgan fingerprint density at radius 2 is 2.36 bits per heavy atom. The summed E-state index contributed by atoms with van der Waals surface area (Å²) in [4.78, 5) is 7.53. The maximum absolute atomic E-state index is 6.99. The molecular weight excluding hydrogens is 293 g/mol. The average Bonchev–Trinajstić information content (AvgIpc) is 2.63. The molecule has 5 heteroatoms. The number of ether oxygens (including phenoxy) is 1. The van der Waals surface area contributed by atoms with Gasteiger partial charge in [0.2, 0.25) is 5.65 Å². The molecule has 0 bridgehead atoms. The molecule has 0 radical (unpaired) electrons. The fraction of sp³-hybridized carbons (Fsp3) is 0.111. The molecule has 0 aliphatic rings. The average molecular weight is 299 g/mol. The molecule has 4 nitrogen and oxygen atoms in total. The number of nitrogens with zero attached hydrogens (tertiary/aromatic N) is 3. The highest BCUT2D eigenvalue weighted by atomic mass is 127. The maximum Gasteiger partial charge on any atom is 0.274 e. The van der Waals surface area contributed by atoms with Gasteiger partial charge in [-0.3, -0.25) is 0 Å². The molecule has 0 aliphatic heterocycles. The molecule has 2 rings (SSSR count). The normalized spacial score (nSPS) is 10.1. The number of aromatic nitrogens is 2. The lowest BCUT2D eigenvalue weighted by atomic mass is 10.4. The van der Waals surface area contributed by atoms with E-state index in [9.17, 15) is 0 Å². The highest BCUT2D eigenvalue weighted by Crippen LogP contribution is 2.25. The highest BCUT2D eigenvalue weighted by molar-refractivity contribution is 14.1. The molecule has 0 aromatic carbocycles. The topological polar surface area (TPSA) is 30.9 Å². The van der Waals surface area contributed by atoms with E-state index in [1.54, 1.807) is 17.7 Å². The predicted octanol–water partition coefficient (Wildman–Crippen LogP) is 2.50. The minimum absolute atomic E-state index is 0.468. The summed E-state index contributed by atoms with van der Waals surface area (Å²) in [6.07, 6.45) is 1.55. The van der Waals surface area contributed by atoms with Gasteiger partial charge in [-0.2, -0.15) is 0 Å². The van der Waals surface area contributed by atoms with E-state index in [0.717, 1.165) is 9.22 Å². The first kappa shape index (κ1) is 9.27. The quantitative estimate of drug-likeness (QED) is 0.598. The summed E-state index contributed by atoms with van der Waals surface area (Å²) in [5.41, 5.74) is 0.760. The van der Waals surface area contributed by atoms with Crippen LogP contribution in [0.3, 0.4) is 0 Å². The van der Waals surface area contributed by atoms with Gasteiger partial charge in [-0.05, 0) is 28.7 Å². The fourth-order valence-corrected chi connectivity index (χ4v) is 1.82. The third kappa shape index (κ3) is 1.23. The minimum Gasteiger partial charge on any atom is -0.466 e. The van der Waals surface area contributed by atoms with E-state index in [2.05, 4.69) is 32.4 Å². The molecule has 2 aromatic rings. The Labute approximate surface area is 94.5 Å². The van der Waals surface area contributed by atoms with Crippen molar-refractivity contribution in [2.75, 3.05) is 7.11 Å². The van der Waals surface area contributed by atoms with Crippen LogP contribution < -0.4 is 4.74 Å². The number of hydrogen-bond acceptors (Lipinski definition) is 2. The number of rotatable bonds is 1. The minimum atomic E-state index is 0.468. The number of hydrogen-bond donors (Lipinski definition) is 0. The van der Waals surface area contributed by atoms with Crippen molar-refractivity contribution in [2.24, 2.45) is 0 Å². The number of methoxy groups -OCH3 is 1. The third-order valence-corrected chi connectivity index (χ3v) is 2.72. The van der Waals surface area contributed by atoms with Gasteiger partial charge in [-0.25, -0.2) is 9.38 Å². The molecule has 0 saturated heterocycles. The first-order valence-electron chi connectivity index (χ1n) is 3.85. The Kier molecular flexibility index (Phi) is 2.29. The number of pyridine rings is 1. The first-order chi connectivity index (χ1) is 6.77. The monoisotopic (exact) mass is 299 g/mol. The second kappa shape index (κ2) is 3.46. The number of fused-ring (bicyclic) bond motifs is 1. The lowest BCUT2D eigenvalue weighted by Crippen LogP contribution is -1.94. The van der Waals surface area contributed by atoms with Crippen molar-refractivity contribution < 1.29 is 4.74 Å². The maximum atomic E-state index is 6.99. The molecular formula is C9H6IN3O. The SMILES string of the molecule is [C-]#[N+]c1cnc2c(I)ccc(OC)n12. The predicted molar refractivity (Wildman–Crippen MR) is 60.7 cm³/mol. The van der Waals surface area contributed by atoms with Crippen LogP contribution in [-0.4, -0.2) is 16.5 Å². The van der Waals surface area contributed by atoms with Crippen LogP contribution in [0.5, 0.6) is 5.88 Å². The van der Waals surface area contributed by atoms with Crippen molar-refractivity contribution in [1.29, 1.82) is 0 Å². The number of halogens is 1. The van der Waals surface area contributed by atoms with E-state index in [1.165, 1.54) is 0 Å². The second-order valence-corrected chi connectivity index (χ2v) is 3.77. The molecule has 70 valence electrons. The number of imidazole rings is 1. The van der Waals surface area contributed by atoms with Crippen LogP contribution in [0.4, 0.5) is 5.82 Å².